The first kappa shape index (κ1) is 27.6. The van der Waals surface area contributed by atoms with Crippen LogP contribution >= 0.6 is 22.9 Å². The van der Waals surface area contributed by atoms with E-state index < -0.39 is 27.9 Å². The van der Waals surface area contributed by atoms with Crippen molar-refractivity contribution in [3.8, 4) is 5.75 Å². The summed E-state index contributed by atoms with van der Waals surface area (Å²) in [5.74, 6) is -0.619. The maximum absolute atomic E-state index is 13.4. The molecule has 38 heavy (non-hydrogen) atoms. The number of thiophene rings is 1. The molecule has 4 rings (SSSR count). The van der Waals surface area contributed by atoms with Gasteiger partial charge in [0, 0.05) is 10.4 Å². The number of amides is 1. The predicted octanol–water partition coefficient (Wildman–Crippen LogP) is 5.27. The van der Waals surface area contributed by atoms with E-state index in [-0.39, 0.29) is 16.3 Å². The van der Waals surface area contributed by atoms with Crippen molar-refractivity contribution < 1.29 is 27.5 Å². The first-order chi connectivity index (χ1) is 18.2. The number of anilines is 1. The van der Waals surface area contributed by atoms with Crippen LogP contribution in [0.5, 0.6) is 5.75 Å². The van der Waals surface area contributed by atoms with Crippen LogP contribution < -0.4 is 14.8 Å². The molecule has 1 amide bonds. The Kier molecular flexibility index (Phi) is 8.68. The van der Waals surface area contributed by atoms with Crippen molar-refractivity contribution in [2.45, 2.75) is 24.3 Å². The van der Waals surface area contributed by atoms with Crippen LogP contribution in [0, 0.1) is 0 Å². The minimum Gasteiger partial charge on any atom is -0.492 e. The molecule has 0 spiro atoms. The van der Waals surface area contributed by atoms with E-state index in [1.807, 2.05) is 30.3 Å². The lowest BCUT2D eigenvalue weighted by atomic mass is 10.1. The van der Waals surface area contributed by atoms with Gasteiger partial charge in [0.1, 0.15) is 16.7 Å². The van der Waals surface area contributed by atoms with Crippen LogP contribution in [0.2, 0.25) is 5.02 Å². The smallest absolute Gasteiger partial charge is 0.348 e. The minimum absolute atomic E-state index is 0.0909. The Morgan fingerprint density at radius 3 is 2.47 bits per heavy atom. The average molecular weight is 573 g/mol. The largest absolute Gasteiger partial charge is 0.492 e. The Balaban J connectivity index is 1.59. The molecule has 1 atom stereocenters. The highest BCUT2D eigenvalue weighted by Gasteiger charge is 2.27. The number of carbonyl (C=O) groups is 2. The molecule has 11 heteroatoms. The van der Waals surface area contributed by atoms with Crippen molar-refractivity contribution in [2.75, 3.05) is 19.0 Å². The van der Waals surface area contributed by atoms with Crippen LogP contribution in [0.4, 0.5) is 5.69 Å². The number of methoxy groups -OCH3 is 1. The van der Waals surface area contributed by atoms with Gasteiger partial charge in [-0.2, -0.15) is 4.72 Å². The van der Waals surface area contributed by atoms with Crippen LogP contribution in [0.1, 0.15) is 22.2 Å². The molecule has 0 saturated heterocycles. The van der Waals surface area contributed by atoms with Crippen LogP contribution in [-0.2, 0) is 26.0 Å². The zero-order valence-electron chi connectivity index (χ0n) is 20.6. The third kappa shape index (κ3) is 6.51. The number of sulfonamides is 1. The summed E-state index contributed by atoms with van der Waals surface area (Å²) in [7, 11) is -2.80. The molecule has 0 radical (unpaired) electrons. The van der Waals surface area contributed by atoms with Gasteiger partial charge in [-0.05, 0) is 66.8 Å². The van der Waals surface area contributed by atoms with Gasteiger partial charge in [0.2, 0.25) is 15.9 Å². The molecular weight excluding hydrogens is 548 g/mol. The number of ether oxygens (including phenoxy) is 2. The zero-order chi connectivity index (χ0) is 27.3. The first-order valence-corrected chi connectivity index (χ1v) is 14.3. The summed E-state index contributed by atoms with van der Waals surface area (Å²) in [6, 6.07) is 19.0. The molecule has 0 aliphatic carbocycles. The van der Waals surface area contributed by atoms with Gasteiger partial charge in [-0.1, -0.05) is 41.9 Å². The zero-order valence-corrected chi connectivity index (χ0v) is 23.0. The fourth-order valence-corrected chi connectivity index (χ4v) is 6.25. The molecule has 4 aromatic rings. The van der Waals surface area contributed by atoms with E-state index in [2.05, 4.69) is 10.0 Å². The predicted molar refractivity (Wildman–Crippen MR) is 149 cm³/mol. The fourth-order valence-electron chi connectivity index (χ4n) is 3.77. The Bertz CT molecular complexity index is 1570. The van der Waals surface area contributed by atoms with Gasteiger partial charge in [-0.15, -0.1) is 11.3 Å². The molecule has 0 unspecified atom stereocenters. The maximum Gasteiger partial charge on any atom is 0.348 e. The molecule has 1 heterocycles. The van der Waals surface area contributed by atoms with Gasteiger partial charge >= 0.3 is 5.97 Å². The number of carbonyl (C=O) groups excluding carboxylic acids is 2. The number of rotatable bonds is 10. The SMILES string of the molecule is CCOc1ccc(S(=O)(=O)N[C@H](Cc2ccccc2)C(=O)Nc2ccc3sc(C(=O)OC)cc3c2)cc1Cl. The minimum atomic E-state index is -4.12. The highest BCUT2D eigenvalue weighted by atomic mass is 35.5. The van der Waals surface area contributed by atoms with Crippen molar-refractivity contribution in [1.82, 2.24) is 4.72 Å². The van der Waals surface area contributed by atoms with Crippen molar-refractivity contribution >= 4 is 60.6 Å². The number of benzene rings is 3. The van der Waals surface area contributed by atoms with E-state index in [1.54, 1.807) is 31.2 Å². The monoisotopic (exact) mass is 572 g/mol. The van der Waals surface area contributed by atoms with Crippen molar-refractivity contribution in [1.29, 1.82) is 0 Å². The first-order valence-electron chi connectivity index (χ1n) is 11.6. The third-order valence-corrected chi connectivity index (χ3v) is 8.44. The van der Waals surface area contributed by atoms with Gasteiger partial charge in [-0.25, -0.2) is 13.2 Å². The molecule has 3 aromatic carbocycles. The molecule has 0 bridgehead atoms. The van der Waals surface area contributed by atoms with Crippen LogP contribution in [0.3, 0.4) is 0 Å². The lowest BCUT2D eigenvalue weighted by Gasteiger charge is -2.19. The second kappa shape index (κ2) is 12.0. The molecule has 0 saturated carbocycles. The maximum atomic E-state index is 13.4. The number of hydrogen-bond donors (Lipinski definition) is 2. The molecule has 2 N–H and O–H groups in total. The Labute approximate surface area is 229 Å². The Morgan fingerprint density at radius 1 is 1.03 bits per heavy atom. The van der Waals surface area contributed by atoms with E-state index in [4.69, 9.17) is 21.1 Å². The average Bonchev–Trinajstić information content (AvgIpc) is 3.33. The topological polar surface area (TPSA) is 111 Å². The number of nitrogens with one attached hydrogen (secondary N) is 2. The third-order valence-electron chi connectivity index (χ3n) is 5.58. The summed E-state index contributed by atoms with van der Waals surface area (Å²) in [6.45, 7) is 2.17. The highest BCUT2D eigenvalue weighted by molar-refractivity contribution is 7.89. The van der Waals surface area contributed by atoms with Gasteiger partial charge < -0.3 is 14.8 Å². The quantitative estimate of drug-likeness (QED) is 0.251. The Hall–Kier alpha value is -3.44. The molecule has 8 nitrogen and oxygen atoms in total. The lowest BCUT2D eigenvalue weighted by molar-refractivity contribution is -0.117. The summed E-state index contributed by atoms with van der Waals surface area (Å²) in [5, 5.41) is 3.69. The summed E-state index contributed by atoms with van der Waals surface area (Å²) in [4.78, 5) is 25.6. The second-order valence-corrected chi connectivity index (χ2v) is 11.4. The van der Waals surface area contributed by atoms with E-state index in [1.165, 1.54) is 36.6 Å². The van der Waals surface area contributed by atoms with Crippen LogP contribution in [0.25, 0.3) is 10.1 Å². The molecular formula is C27H25ClN2O6S2. The lowest BCUT2D eigenvalue weighted by Crippen LogP contribution is -2.45. The number of halogens is 1. The van der Waals surface area contributed by atoms with Crippen LogP contribution in [-0.4, -0.2) is 40.1 Å². The molecule has 198 valence electrons. The molecule has 1 aromatic heterocycles. The fraction of sp³-hybridized carbons (Fsp3) is 0.185. The van der Waals surface area contributed by atoms with Gasteiger partial charge in [0.15, 0.2) is 0 Å². The second-order valence-electron chi connectivity index (χ2n) is 8.23. The number of esters is 1. The van der Waals surface area contributed by atoms with E-state index in [0.29, 0.717) is 22.9 Å². The van der Waals surface area contributed by atoms with Gasteiger partial charge in [-0.3, -0.25) is 4.79 Å². The molecule has 0 fully saturated rings. The summed E-state index contributed by atoms with van der Waals surface area (Å²) in [6.07, 6.45) is 0.115. The molecule has 0 aliphatic rings. The molecule has 0 aliphatic heterocycles. The van der Waals surface area contributed by atoms with E-state index in [0.717, 1.165) is 15.6 Å². The van der Waals surface area contributed by atoms with Crippen molar-refractivity contribution in [3.05, 3.63) is 88.3 Å². The van der Waals surface area contributed by atoms with Crippen LogP contribution in [0.15, 0.2) is 77.7 Å². The van der Waals surface area contributed by atoms with Gasteiger partial charge in [0.05, 0.1) is 23.6 Å². The van der Waals surface area contributed by atoms with E-state index in [9.17, 15) is 18.0 Å². The normalized spacial score (nSPS) is 12.2. The summed E-state index contributed by atoms with van der Waals surface area (Å²) < 4.78 is 40.0. The number of fused-ring (bicyclic) bond motifs is 1. The van der Waals surface area contributed by atoms with Crippen molar-refractivity contribution in [2.24, 2.45) is 0 Å². The Morgan fingerprint density at radius 2 is 1.79 bits per heavy atom. The summed E-state index contributed by atoms with van der Waals surface area (Å²) in [5.41, 5.74) is 1.23. The highest BCUT2D eigenvalue weighted by Crippen LogP contribution is 2.29. The summed E-state index contributed by atoms with van der Waals surface area (Å²) >= 11 is 7.48. The number of hydrogen-bond acceptors (Lipinski definition) is 7. The van der Waals surface area contributed by atoms with E-state index >= 15 is 0 Å². The standard InChI is InChI=1S/C27H25ClN2O6S2/c1-3-36-23-11-10-20(16-21(23)28)38(33,34)30-22(13-17-7-5-4-6-8-17)26(31)29-19-9-12-24-18(14-19)15-25(37-24)27(32)35-2/h4-12,14-16,22,30H,3,13H2,1-2H3,(H,29,31)/t22-/m1/s1. The van der Waals surface area contributed by atoms with Crippen molar-refractivity contribution in [3.63, 3.8) is 0 Å². The van der Waals surface area contributed by atoms with Gasteiger partial charge in [0.25, 0.3) is 0 Å².